The lowest BCUT2D eigenvalue weighted by atomic mass is 10.1. The van der Waals surface area contributed by atoms with Crippen molar-refractivity contribution in [2.45, 2.75) is 37.4 Å². The zero-order valence-corrected chi connectivity index (χ0v) is 16.9. The number of carbonyl (C=O) groups is 1. The number of hydrogen-bond acceptors (Lipinski definition) is 4. The Labute approximate surface area is 165 Å². The van der Waals surface area contributed by atoms with Crippen molar-refractivity contribution >= 4 is 21.6 Å². The summed E-state index contributed by atoms with van der Waals surface area (Å²) in [5.41, 5.74) is 2.42. The second-order valence-corrected chi connectivity index (χ2v) is 9.38. The molecule has 1 fully saturated rings. The molecule has 7 heteroatoms. The number of anilines is 1. The van der Waals surface area contributed by atoms with Crippen molar-refractivity contribution in [1.82, 2.24) is 4.31 Å². The number of carbonyl (C=O) groups excluding carboxylic acids is 1. The van der Waals surface area contributed by atoms with E-state index in [1.807, 2.05) is 38.1 Å². The van der Waals surface area contributed by atoms with E-state index in [1.54, 1.807) is 23.1 Å². The van der Waals surface area contributed by atoms with Crippen LogP contribution in [-0.2, 0) is 21.2 Å². The lowest BCUT2D eigenvalue weighted by Gasteiger charge is -2.34. The molecule has 1 amide bonds. The van der Waals surface area contributed by atoms with Crippen LogP contribution in [0.4, 0.5) is 5.69 Å². The predicted molar refractivity (Wildman–Crippen MR) is 107 cm³/mol. The number of rotatable bonds is 3. The third kappa shape index (κ3) is 3.45. The fourth-order valence-electron chi connectivity index (χ4n) is 3.97. The molecule has 0 N–H and O–H groups in total. The van der Waals surface area contributed by atoms with Crippen molar-refractivity contribution < 1.29 is 17.9 Å². The van der Waals surface area contributed by atoms with Crippen LogP contribution in [0.25, 0.3) is 0 Å². The monoisotopic (exact) mass is 400 g/mol. The summed E-state index contributed by atoms with van der Waals surface area (Å²) in [5.74, 6) is -0.175. The molecule has 2 aliphatic heterocycles. The Morgan fingerprint density at radius 1 is 1.04 bits per heavy atom. The molecule has 0 unspecified atom stereocenters. The maximum absolute atomic E-state index is 13.1. The highest BCUT2D eigenvalue weighted by molar-refractivity contribution is 7.89. The van der Waals surface area contributed by atoms with Gasteiger partial charge in [0, 0.05) is 30.9 Å². The first kappa shape index (κ1) is 19.1. The van der Waals surface area contributed by atoms with Crippen molar-refractivity contribution in [2.75, 3.05) is 24.5 Å². The predicted octanol–water partition coefficient (Wildman–Crippen LogP) is 2.69. The molecule has 2 atom stereocenters. The highest BCUT2D eigenvalue weighted by Gasteiger charge is 2.33. The quantitative estimate of drug-likeness (QED) is 0.795. The first-order valence-electron chi connectivity index (χ1n) is 9.51. The molecular weight excluding hydrogens is 376 g/mol. The number of hydrogen-bond donors (Lipinski definition) is 0. The number of para-hydroxylation sites is 1. The number of morpholine rings is 1. The molecule has 1 saturated heterocycles. The molecule has 0 radical (unpaired) electrons. The van der Waals surface area contributed by atoms with Crippen LogP contribution in [0.5, 0.6) is 0 Å². The lowest BCUT2D eigenvalue weighted by molar-refractivity contribution is -0.0440. The summed E-state index contributed by atoms with van der Waals surface area (Å²) in [6.07, 6.45) is 0.484. The second kappa shape index (κ2) is 7.31. The number of ether oxygens (including phenoxy) is 1. The summed E-state index contributed by atoms with van der Waals surface area (Å²) in [4.78, 5) is 14.9. The van der Waals surface area contributed by atoms with Crippen LogP contribution in [-0.4, -0.2) is 50.5 Å². The largest absolute Gasteiger partial charge is 0.373 e. The van der Waals surface area contributed by atoms with E-state index >= 15 is 0 Å². The van der Waals surface area contributed by atoms with Gasteiger partial charge in [-0.15, -0.1) is 0 Å². The molecule has 2 aliphatic rings. The average molecular weight is 401 g/mol. The van der Waals surface area contributed by atoms with Crippen LogP contribution in [0.15, 0.2) is 53.4 Å². The number of amides is 1. The van der Waals surface area contributed by atoms with Gasteiger partial charge in [-0.05, 0) is 50.1 Å². The van der Waals surface area contributed by atoms with Crippen molar-refractivity contribution in [3.05, 3.63) is 59.7 Å². The van der Waals surface area contributed by atoms with Gasteiger partial charge in [0.25, 0.3) is 5.91 Å². The van der Waals surface area contributed by atoms with E-state index in [0.29, 0.717) is 25.2 Å². The summed E-state index contributed by atoms with van der Waals surface area (Å²) < 4.78 is 33.3. The third-order valence-electron chi connectivity index (χ3n) is 5.24. The van der Waals surface area contributed by atoms with E-state index in [2.05, 4.69) is 0 Å². The van der Waals surface area contributed by atoms with Gasteiger partial charge in [-0.1, -0.05) is 24.3 Å². The van der Waals surface area contributed by atoms with Gasteiger partial charge in [0.15, 0.2) is 0 Å². The second-order valence-electron chi connectivity index (χ2n) is 7.44. The molecule has 148 valence electrons. The summed E-state index contributed by atoms with van der Waals surface area (Å²) in [7, 11) is -3.69. The van der Waals surface area contributed by atoms with Gasteiger partial charge in [-0.3, -0.25) is 4.79 Å². The van der Waals surface area contributed by atoms with Crippen LogP contribution in [0.2, 0.25) is 0 Å². The molecular formula is C21H24N2O4S. The van der Waals surface area contributed by atoms with Crippen LogP contribution in [0.3, 0.4) is 0 Å². The maximum Gasteiger partial charge on any atom is 0.258 e. The van der Waals surface area contributed by atoms with Crippen molar-refractivity contribution in [1.29, 1.82) is 0 Å². The van der Waals surface area contributed by atoms with Gasteiger partial charge in [-0.2, -0.15) is 4.31 Å². The van der Waals surface area contributed by atoms with E-state index in [1.165, 1.54) is 10.4 Å². The normalized spacial score (nSPS) is 22.9. The van der Waals surface area contributed by atoms with E-state index in [4.69, 9.17) is 4.74 Å². The lowest BCUT2D eigenvalue weighted by Crippen LogP contribution is -2.48. The van der Waals surface area contributed by atoms with E-state index in [-0.39, 0.29) is 23.0 Å². The van der Waals surface area contributed by atoms with Gasteiger partial charge >= 0.3 is 0 Å². The molecule has 28 heavy (non-hydrogen) atoms. The van der Waals surface area contributed by atoms with Gasteiger partial charge < -0.3 is 9.64 Å². The summed E-state index contributed by atoms with van der Waals surface area (Å²) in [6, 6.07) is 14.2. The van der Waals surface area contributed by atoms with Crippen molar-refractivity contribution in [3.63, 3.8) is 0 Å². The first-order chi connectivity index (χ1) is 13.4. The Bertz CT molecular complexity index is 995. The number of benzene rings is 2. The van der Waals surface area contributed by atoms with Crippen LogP contribution >= 0.6 is 0 Å². The van der Waals surface area contributed by atoms with Gasteiger partial charge in [0.05, 0.1) is 17.1 Å². The molecule has 0 saturated carbocycles. The van der Waals surface area contributed by atoms with Crippen molar-refractivity contribution in [3.8, 4) is 0 Å². The molecule has 2 aromatic rings. The minimum absolute atomic E-state index is 0.145. The number of fused-ring (bicyclic) bond motifs is 1. The molecule has 4 rings (SSSR count). The highest BCUT2D eigenvalue weighted by Crippen LogP contribution is 2.29. The minimum atomic E-state index is -3.69. The van der Waals surface area contributed by atoms with E-state index < -0.39 is 10.0 Å². The molecule has 6 nitrogen and oxygen atoms in total. The Morgan fingerprint density at radius 3 is 2.50 bits per heavy atom. The molecule has 0 aromatic heterocycles. The fraction of sp³-hybridized carbons (Fsp3) is 0.381. The Hall–Kier alpha value is -2.22. The van der Waals surface area contributed by atoms with Crippen LogP contribution in [0.1, 0.15) is 29.8 Å². The SMILES string of the molecule is C[C@@H]1CN(S(=O)(=O)c2cccc(C(=O)N3CCc4ccccc43)c2)C[C@H](C)O1. The minimum Gasteiger partial charge on any atom is -0.373 e. The molecule has 0 spiro atoms. The average Bonchev–Trinajstić information content (AvgIpc) is 3.11. The zero-order chi connectivity index (χ0) is 19.9. The molecule has 0 aliphatic carbocycles. The molecule has 0 bridgehead atoms. The maximum atomic E-state index is 13.1. The summed E-state index contributed by atoms with van der Waals surface area (Å²) >= 11 is 0. The van der Waals surface area contributed by atoms with Gasteiger partial charge in [0.2, 0.25) is 10.0 Å². The number of sulfonamides is 1. The van der Waals surface area contributed by atoms with E-state index in [0.717, 1.165) is 17.7 Å². The summed E-state index contributed by atoms with van der Waals surface area (Å²) in [5, 5.41) is 0. The van der Waals surface area contributed by atoms with Crippen LogP contribution < -0.4 is 4.90 Å². The zero-order valence-electron chi connectivity index (χ0n) is 16.0. The van der Waals surface area contributed by atoms with Crippen LogP contribution in [0, 0.1) is 0 Å². The summed E-state index contributed by atoms with van der Waals surface area (Å²) in [6.45, 7) is 4.95. The Balaban J connectivity index is 1.62. The fourth-order valence-corrected chi connectivity index (χ4v) is 5.61. The standard InChI is InChI=1S/C21H24N2O4S/c1-15-13-22(14-16(2)27-15)28(25,26)19-8-5-7-18(12-19)21(24)23-11-10-17-6-3-4-9-20(17)23/h3-9,12,15-16H,10-11,13-14H2,1-2H3/t15-,16+. The first-order valence-corrected chi connectivity index (χ1v) is 11.0. The van der Waals surface area contributed by atoms with Crippen molar-refractivity contribution in [2.24, 2.45) is 0 Å². The molecule has 2 aromatic carbocycles. The topological polar surface area (TPSA) is 66.9 Å². The van der Waals surface area contributed by atoms with Gasteiger partial charge in [-0.25, -0.2) is 8.42 Å². The Kier molecular flexibility index (Phi) is 4.99. The Morgan fingerprint density at radius 2 is 1.75 bits per heavy atom. The number of nitrogens with zero attached hydrogens (tertiary/aromatic N) is 2. The molecule has 2 heterocycles. The smallest absolute Gasteiger partial charge is 0.258 e. The third-order valence-corrected chi connectivity index (χ3v) is 7.06. The van der Waals surface area contributed by atoms with Gasteiger partial charge in [0.1, 0.15) is 0 Å². The highest BCUT2D eigenvalue weighted by atomic mass is 32.2. The van der Waals surface area contributed by atoms with E-state index in [9.17, 15) is 13.2 Å².